The van der Waals surface area contributed by atoms with E-state index in [1.54, 1.807) is 6.20 Å². The summed E-state index contributed by atoms with van der Waals surface area (Å²) < 4.78 is 16.2. The smallest absolute Gasteiger partial charge is 0.136 e. The molecular formula is C14H21BrN2OS. The first-order chi connectivity index (χ1) is 8.69. The fourth-order valence-electron chi connectivity index (χ4n) is 1.55. The second-order valence-electron chi connectivity index (χ2n) is 5.67. The lowest BCUT2D eigenvalue weighted by Crippen LogP contribution is -2.50. The molecule has 0 amide bonds. The van der Waals surface area contributed by atoms with Gasteiger partial charge in [0.05, 0.1) is 5.69 Å². The molecule has 106 valence electrons. The summed E-state index contributed by atoms with van der Waals surface area (Å²) in [5, 5.41) is 0. The van der Waals surface area contributed by atoms with Crippen molar-refractivity contribution >= 4 is 27.3 Å². The summed E-state index contributed by atoms with van der Waals surface area (Å²) >= 11 is 2.27. The van der Waals surface area contributed by atoms with E-state index in [-0.39, 0.29) is 4.75 Å². The van der Waals surface area contributed by atoms with E-state index >= 15 is 0 Å². The van der Waals surface area contributed by atoms with E-state index in [0.717, 1.165) is 10.2 Å². The standard InChI is InChI=1S/C14H21BrN2OS/c1-6-8-14(5,17-19(18)13(2,3)4)12-10-11(15)7-9-16-12/h6-7,9-10,17H,1,8H2,2-5H3/t14-,19?/m0/s1. The van der Waals surface area contributed by atoms with Crippen molar-refractivity contribution in [3.63, 3.8) is 0 Å². The number of pyridine rings is 1. The first-order valence-electron chi connectivity index (χ1n) is 6.12. The predicted molar refractivity (Wildman–Crippen MR) is 85.1 cm³/mol. The lowest BCUT2D eigenvalue weighted by atomic mass is 9.94. The Morgan fingerprint density at radius 3 is 2.58 bits per heavy atom. The molecule has 1 heterocycles. The van der Waals surface area contributed by atoms with Crippen LogP contribution in [0.15, 0.2) is 35.5 Å². The van der Waals surface area contributed by atoms with Crippen molar-refractivity contribution in [2.45, 2.75) is 44.4 Å². The van der Waals surface area contributed by atoms with E-state index in [0.29, 0.717) is 6.42 Å². The minimum absolute atomic E-state index is 0.325. The zero-order valence-corrected chi connectivity index (χ0v) is 14.3. The highest BCUT2D eigenvalue weighted by Crippen LogP contribution is 2.28. The van der Waals surface area contributed by atoms with Gasteiger partial charge in [0.15, 0.2) is 0 Å². The molecule has 0 aromatic carbocycles. The van der Waals surface area contributed by atoms with Gasteiger partial charge in [-0.15, -0.1) is 11.3 Å². The first-order valence-corrected chi connectivity index (χ1v) is 8.06. The summed E-state index contributed by atoms with van der Waals surface area (Å²) in [5.41, 5.74) is 0.350. The Bertz CT molecular complexity index is 447. The average Bonchev–Trinajstić information content (AvgIpc) is 2.28. The molecular weight excluding hydrogens is 324 g/mol. The summed E-state index contributed by atoms with van der Waals surface area (Å²) in [4.78, 5) is 4.39. The lowest BCUT2D eigenvalue weighted by molar-refractivity contribution is 0.414. The molecule has 1 aromatic rings. The van der Waals surface area contributed by atoms with Crippen LogP contribution in [-0.2, 0) is 16.9 Å². The van der Waals surface area contributed by atoms with Gasteiger partial charge in [0.25, 0.3) is 0 Å². The minimum atomic E-state index is -1.17. The van der Waals surface area contributed by atoms with Crippen molar-refractivity contribution < 1.29 is 4.55 Å². The molecule has 0 aliphatic carbocycles. The molecule has 2 atom stereocenters. The van der Waals surface area contributed by atoms with Crippen molar-refractivity contribution in [1.82, 2.24) is 9.71 Å². The van der Waals surface area contributed by atoms with Crippen molar-refractivity contribution in [3.8, 4) is 0 Å². The summed E-state index contributed by atoms with van der Waals surface area (Å²) in [7, 11) is 0. The summed E-state index contributed by atoms with van der Waals surface area (Å²) in [5.74, 6) is 0. The maximum absolute atomic E-state index is 12.3. The van der Waals surface area contributed by atoms with Gasteiger partial charge in [-0.05, 0) is 46.2 Å². The van der Waals surface area contributed by atoms with Crippen molar-refractivity contribution in [3.05, 3.63) is 41.2 Å². The molecule has 0 saturated heterocycles. The predicted octanol–water partition coefficient (Wildman–Crippen LogP) is 3.69. The third-order valence-corrected chi connectivity index (χ3v) is 4.96. The van der Waals surface area contributed by atoms with Crippen LogP contribution in [0, 0.1) is 0 Å². The molecule has 0 saturated carbocycles. The van der Waals surface area contributed by atoms with Gasteiger partial charge in [0.2, 0.25) is 0 Å². The lowest BCUT2D eigenvalue weighted by Gasteiger charge is -2.34. The molecule has 0 spiro atoms. The Morgan fingerprint density at radius 1 is 1.47 bits per heavy atom. The zero-order valence-electron chi connectivity index (χ0n) is 11.9. The molecule has 19 heavy (non-hydrogen) atoms. The molecule has 1 unspecified atom stereocenters. The third-order valence-electron chi connectivity index (χ3n) is 2.71. The molecule has 0 bridgehead atoms. The number of nitrogens with one attached hydrogen (secondary N) is 1. The van der Waals surface area contributed by atoms with Gasteiger partial charge >= 0.3 is 0 Å². The SMILES string of the molecule is C=CC[C@](C)(N[S+]([O-])C(C)(C)C)c1cc(Br)ccn1. The van der Waals surface area contributed by atoms with Crippen LogP contribution >= 0.6 is 15.9 Å². The molecule has 1 aromatic heterocycles. The van der Waals surface area contributed by atoms with E-state index in [9.17, 15) is 4.55 Å². The second kappa shape index (κ2) is 6.39. The summed E-state index contributed by atoms with van der Waals surface area (Å²) in [6, 6.07) is 3.81. The van der Waals surface area contributed by atoms with Crippen LogP contribution in [0.2, 0.25) is 0 Å². The maximum atomic E-state index is 12.3. The van der Waals surface area contributed by atoms with E-state index in [1.807, 2.05) is 45.9 Å². The third kappa shape index (κ3) is 4.60. The van der Waals surface area contributed by atoms with Crippen LogP contribution in [0.1, 0.15) is 39.8 Å². The largest absolute Gasteiger partial charge is 0.598 e. The fraction of sp³-hybridized carbons (Fsp3) is 0.500. The number of hydrogen-bond acceptors (Lipinski definition) is 3. The molecule has 1 N–H and O–H groups in total. The van der Waals surface area contributed by atoms with Crippen LogP contribution in [0.5, 0.6) is 0 Å². The van der Waals surface area contributed by atoms with Gasteiger partial charge in [0, 0.05) is 22.0 Å². The van der Waals surface area contributed by atoms with Gasteiger partial charge in [0.1, 0.15) is 10.3 Å². The van der Waals surface area contributed by atoms with Crippen molar-refractivity contribution in [1.29, 1.82) is 0 Å². The maximum Gasteiger partial charge on any atom is 0.136 e. The normalized spacial score (nSPS) is 16.7. The average molecular weight is 345 g/mol. The number of halogens is 1. The minimum Gasteiger partial charge on any atom is -0.598 e. The highest BCUT2D eigenvalue weighted by atomic mass is 79.9. The highest BCUT2D eigenvalue weighted by Gasteiger charge is 2.37. The van der Waals surface area contributed by atoms with E-state index in [1.165, 1.54) is 0 Å². The van der Waals surface area contributed by atoms with Crippen molar-refractivity contribution in [2.24, 2.45) is 0 Å². The molecule has 5 heteroatoms. The van der Waals surface area contributed by atoms with Gasteiger partial charge < -0.3 is 4.55 Å². The number of hydrogen-bond donors (Lipinski definition) is 1. The number of nitrogens with zero attached hydrogens (tertiary/aromatic N) is 1. The molecule has 1 rings (SSSR count). The zero-order chi connectivity index (χ0) is 14.7. The Kier molecular flexibility index (Phi) is 5.62. The van der Waals surface area contributed by atoms with Crippen LogP contribution in [-0.4, -0.2) is 14.3 Å². The molecule has 3 nitrogen and oxygen atoms in total. The van der Waals surface area contributed by atoms with Crippen LogP contribution in [0.3, 0.4) is 0 Å². The topological polar surface area (TPSA) is 48.0 Å². The number of aromatic nitrogens is 1. The van der Waals surface area contributed by atoms with Crippen LogP contribution in [0.4, 0.5) is 0 Å². The molecule has 0 fully saturated rings. The van der Waals surface area contributed by atoms with Crippen molar-refractivity contribution in [2.75, 3.05) is 0 Å². The fourth-order valence-corrected chi connectivity index (χ4v) is 2.79. The first kappa shape index (κ1) is 16.7. The summed E-state index contributed by atoms with van der Waals surface area (Å²) in [6.45, 7) is 11.6. The van der Waals surface area contributed by atoms with Gasteiger partial charge in [-0.25, -0.2) is 0 Å². The Labute approximate surface area is 127 Å². The molecule has 0 aliphatic heterocycles. The van der Waals surface area contributed by atoms with Crippen LogP contribution < -0.4 is 4.72 Å². The van der Waals surface area contributed by atoms with Gasteiger partial charge in [-0.2, -0.15) is 0 Å². The Hall–Kier alpha value is -0.360. The van der Waals surface area contributed by atoms with Gasteiger partial charge in [-0.3, -0.25) is 4.98 Å². The van der Waals surface area contributed by atoms with E-state index in [2.05, 4.69) is 32.2 Å². The molecule has 0 aliphatic rings. The quantitative estimate of drug-likeness (QED) is 0.654. The Morgan fingerprint density at radius 2 is 2.11 bits per heavy atom. The van der Waals surface area contributed by atoms with Gasteiger partial charge in [-0.1, -0.05) is 22.0 Å². The number of rotatable bonds is 5. The second-order valence-corrected chi connectivity index (χ2v) is 8.55. The monoisotopic (exact) mass is 344 g/mol. The Balaban J connectivity index is 3.07. The van der Waals surface area contributed by atoms with E-state index < -0.39 is 16.9 Å². The molecule has 0 radical (unpaired) electrons. The summed E-state index contributed by atoms with van der Waals surface area (Å²) in [6.07, 6.45) is 4.20. The van der Waals surface area contributed by atoms with Crippen LogP contribution in [0.25, 0.3) is 0 Å². The highest BCUT2D eigenvalue weighted by molar-refractivity contribution is 9.10. The van der Waals surface area contributed by atoms with E-state index in [4.69, 9.17) is 0 Å².